The maximum Gasteiger partial charge on any atom is 0.407 e. The van der Waals surface area contributed by atoms with E-state index >= 15 is 0 Å². The molecule has 0 aliphatic carbocycles. The van der Waals surface area contributed by atoms with Gasteiger partial charge in [0.1, 0.15) is 12.4 Å². The topological polar surface area (TPSA) is 72.5 Å². The minimum absolute atomic E-state index is 0.220. The second kappa shape index (κ2) is 8.29. The summed E-state index contributed by atoms with van der Waals surface area (Å²) in [6.45, 7) is 2.29. The van der Waals surface area contributed by atoms with E-state index in [9.17, 15) is 4.79 Å². The molecule has 0 saturated carbocycles. The molecule has 0 saturated heterocycles. The molecule has 0 fully saturated rings. The summed E-state index contributed by atoms with van der Waals surface area (Å²) in [5.74, 6) is 0.779. The van der Waals surface area contributed by atoms with E-state index in [0.717, 1.165) is 50.1 Å². The quantitative estimate of drug-likeness (QED) is 0.444. The molecule has 0 unspecified atom stereocenters. The molecule has 3 aromatic carbocycles. The zero-order valence-electron chi connectivity index (χ0n) is 17.2. The lowest BCUT2D eigenvalue weighted by Gasteiger charge is -2.15. The Bertz CT molecular complexity index is 1220. The molecule has 152 valence electrons. The third kappa shape index (κ3) is 3.98. The van der Waals surface area contributed by atoms with Gasteiger partial charge in [-0.05, 0) is 55.0 Å². The summed E-state index contributed by atoms with van der Waals surface area (Å²) in [7, 11) is 3.20. The number of benzene rings is 3. The van der Waals surface area contributed by atoms with E-state index in [4.69, 9.17) is 14.5 Å². The monoisotopic (exact) mass is 401 g/mol. The molecule has 0 aliphatic rings. The van der Waals surface area contributed by atoms with Crippen LogP contribution in [-0.4, -0.2) is 25.2 Å². The van der Waals surface area contributed by atoms with Gasteiger partial charge in [0.25, 0.3) is 0 Å². The van der Waals surface area contributed by atoms with Gasteiger partial charge >= 0.3 is 6.09 Å². The van der Waals surface area contributed by atoms with Crippen molar-refractivity contribution in [2.24, 2.45) is 0 Å². The minimum atomic E-state index is -0.448. The Morgan fingerprint density at radius 2 is 1.67 bits per heavy atom. The van der Waals surface area contributed by atoms with Gasteiger partial charge in [0.15, 0.2) is 0 Å². The van der Waals surface area contributed by atoms with Crippen LogP contribution in [0.15, 0.2) is 60.7 Å². The zero-order valence-corrected chi connectivity index (χ0v) is 17.2. The number of carbonyl (C=O) groups is 1. The average Bonchev–Trinajstić information content (AvgIpc) is 2.78. The number of rotatable bonds is 5. The maximum atomic E-state index is 11.3. The van der Waals surface area contributed by atoms with Crippen molar-refractivity contribution in [1.29, 1.82) is 0 Å². The van der Waals surface area contributed by atoms with Crippen LogP contribution in [0.1, 0.15) is 11.1 Å². The first-order valence-electron chi connectivity index (χ1n) is 9.66. The van der Waals surface area contributed by atoms with E-state index in [1.165, 1.54) is 7.05 Å². The number of alkyl carbamates (subject to hydrolysis) is 1. The summed E-state index contributed by atoms with van der Waals surface area (Å²) in [4.78, 5) is 16.1. The molecule has 6 heteroatoms. The van der Waals surface area contributed by atoms with Crippen molar-refractivity contribution in [3.8, 4) is 5.75 Å². The molecule has 1 amide bonds. The van der Waals surface area contributed by atoms with Crippen LogP contribution in [0.5, 0.6) is 5.75 Å². The van der Waals surface area contributed by atoms with Crippen molar-refractivity contribution in [2.75, 3.05) is 19.5 Å². The fraction of sp³-hybridized carbons (Fsp3) is 0.167. The van der Waals surface area contributed by atoms with Gasteiger partial charge in [0, 0.05) is 23.5 Å². The summed E-state index contributed by atoms with van der Waals surface area (Å²) in [5.41, 5.74) is 5.80. The number of pyridine rings is 1. The van der Waals surface area contributed by atoms with Crippen LogP contribution in [0.25, 0.3) is 21.8 Å². The summed E-state index contributed by atoms with van der Waals surface area (Å²) >= 11 is 0. The van der Waals surface area contributed by atoms with E-state index in [1.54, 1.807) is 7.11 Å². The highest BCUT2D eigenvalue weighted by Gasteiger charge is 2.11. The van der Waals surface area contributed by atoms with E-state index in [0.29, 0.717) is 0 Å². The van der Waals surface area contributed by atoms with Crippen LogP contribution in [0, 0.1) is 6.92 Å². The molecular formula is C24H23N3O3. The molecule has 1 aromatic heterocycles. The fourth-order valence-electron chi connectivity index (χ4n) is 3.35. The van der Waals surface area contributed by atoms with Crippen LogP contribution < -0.4 is 15.4 Å². The van der Waals surface area contributed by atoms with Gasteiger partial charge in [0.05, 0.1) is 23.8 Å². The van der Waals surface area contributed by atoms with Gasteiger partial charge in [-0.2, -0.15) is 0 Å². The van der Waals surface area contributed by atoms with Crippen molar-refractivity contribution in [2.45, 2.75) is 13.5 Å². The lowest BCUT2D eigenvalue weighted by atomic mass is 10.0. The number of anilines is 2. The second-order valence-electron chi connectivity index (χ2n) is 7.04. The van der Waals surface area contributed by atoms with E-state index in [2.05, 4.69) is 29.7 Å². The molecule has 4 rings (SSSR count). The van der Waals surface area contributed by atoms with Gasteiger partial charge in [-0.3, -0.25) is 0 Å². The Morgan fingerprint density at radius 1 is 0.967 bits per heavy atom. The molecule has 0 spiro atoms. The average molecular weight is 401 g/mol. The molecule has 0 aliphatic heterocycles. The standard InChI is InChI=1S/C24H23N3O3/c1-15-4-10-21-19(12-15)23(20-13-18(29-3)9-11-22(20)27-21)26-17-7-5-16(6-8-17)14-30-24(28)25-2/h4-13H,14H2,1-3H3,(H,25,28)(H,26,27). The SMILES string of the molecule is CNC(=O)OCc1ccc(Nc2c3cc(C)ccc3nc3ccc(OC)cc23)cc1. The van der Waals surface area contributed by atoms with Gasteiger partial charge in [-0.15, -0.1) is 0 Å². The lowest BCUT2D eigenvalue weighted by molar-refractivity contribution is 0.142. The van der Waals surface area contributed by atoms with E-state index in [1.807, 2.05) is 48.5 Å². The Balaban J connectivity index is 1.74. The van der Waals surface area contributed by atoms with E-state index < -0.39 is 6.09 Å². The number of fused-ring (bicyclic) bond motifs is 2. The van der Waals surface area contributed by atoms with Crippen LogP contribution in [0.4, 0.5) is 16.2 Å². The number of nitrogens with zero attached hydrogens (tertiary/aromatic N) is 1. The molecule has 6 nitrogen and oxygen atoms in total. The molecule has 1 heterocycles. The number of hydrogen-bond donors (Lipinski definition) is 2. The fourth-order valence-corrected chi connectivity index (χ4v) is 3.35. The predicted octanol–water partition coefficient (Wildman–Crippen LogP) is 5.30. The third-order valence-corrected chi connectivity index (χ3v) is 4.93. The highest BCUT2D eigenvalue weighted by molar-refractivity contribution is 6.09. The van der Waals surface area contributed by atoms with Crippen LogP contribution in [0.3, 0.4) is 0 Å². The first kappa shape index (κ1) is 19.5. The molecule has 0 atom stereocenters. The molecule has 30 heavy (non-hydrogen) atoms. The minimum Gasteiger partial charge on any atom is -0.497 e. The Labute approximate surface area is 174 Å². The van der Waals surface area contributed by atoms with Crippen molar-refractivity contribution >= 4 is 39.3 Å². The molecular weight excluding hydrogens is 378 g/mol. The molecule has 4 aromatic rings. The maximum absolute atomic E-state index is 11.3. The summed E-state index contributed by atoms with van der Waals surface area (Å²) in [5, 5.41) is 8.02. The van der Waals surface area contributed by atoms with Crippen molar-refractivity contribution in [1.82, 2.24) is 10.3 Å². The number of nitrogens with one attached hydrogen (secondary N) is 2. The van der Waals surface area contributed by atoms with Crippen LogP contribution in [0.2, 0.25) is 0 Å². The highest BCUT2D eigenvalue weighted by atomic mass is 16.5. The first-order valence-corrected chi connectivity index (χ1v) is 9.66. The zero-order chi connectivity index (χ0) is 21.1. The van der Waals surface area contributed by atoms with Crippen molar-refractivity contribution in [3.05, 3.63) is 71.8 Å². The number of aromatic nitrogens is 1. The van der Waals surface area contributed by atoms with Crippen molar-refractivity contribution < 1.29 is 14.3 Å². The Hall–Kier alpha value is -3.80. The predicted molar refractivity (Wildman–Crippen MR) is 120 cm³/mol. The van der Waals surface area contributed by atoms with Gasteiger partial charge < -0.3 is 20.1 Å². The highest BCUT2D eigenvalue weighted by Crippen LogP contribution is 2.35. The van der Waals surface area contributed by atoms with Crippen molar-refractivity contribution in [3.63, 3.8) is 0 Å². The second-order valence-corrected chi connectivity index (χ2v) is 7.04. The summed E-state index contributed by atoms with van der Waals surface area (Å²) in [6.07, 6.45) is -0.448. The van der Waals surface area contributed by atoms with Gasteiger partial charge in [0.2, 0.25) is 0 Å². The number of methoxy groups -OCH3 is 1. The normalized spacial score (nSPS) is 10.8. The Kier molecular flexibility index (Phi) is 5.39. The number of amides is 1. The van der Waals surface area contributed by atoms with Crippen LogP contribution >= 0.6 is 0 Å². The largest absolute Gasteiger partial charge is 0.497 e. The van der Waals surface area contributed by atoms with E-state index in [-0.39, 0.29) is 6.61 Å². The lowest BCUT2D eigenvalue weighted by Crippen LogP contribution is -2.18. The third-order valence-electron chi connectivity index (χ3n) is 4.93. The number of ether oxygens (including phenoxy) is 2. The number of aryl methyl sites for hydroxylation is 1. The molecule has 0 radical (unpaired) electrons. The van der Waals surface area contributed by atoms with Gasteiger partial charge in [-0.1, -0.05) is 23.8 Å². The molecule has 0 bridgehead atoms. The first-order chi connectivity index (χ1) is 14.6. The number of carbonyl (C=O) groups excluding carboxylic acids is 1. The Morgan fingerprint density at radius 3 is 2.37 bits per heavy atom. The molecule has 2 N–H and O–H groups in total. The smallest absolute Gasteiger partial charge is 0.407 e. The van der Waals surface area contributed by atoms with Gasteiger partial charge in [-0.25, -0.2) is 9.78 Å². The summed E-state index contributed by atoms with van der Waals surface area (Å²) < 4.78 is 10.5. The van der Waals surface area contributed by atoms with Crippen LogP contribution in [-0.2, 0) is 11.3 Å². The number of hydrogen-bond acceptors (Lipinski definition) is 5. The summed E-state index contributed by atoms with van der Waals surface area (Å²) in [6, 6.07) is 19.9.